The van der Waals surface area contributed by atoms with Crippen molar-refractivity contribution >= 4 is 21.7 Å². The minimum absolute atomic E-state index is 0.0542. The lowest BCUT2D eigenvalue weighted by molar-refractivity contribution is 0.0586. The number of amides is 1. The third-order valence-corrected chi connectivity index (χ3v) is 6.67. The van der Waals surface area contributed by atoms with Crippen molar-refractivity contribution in [2.75, 3.05) is 56.7 Å². The van der Waals surface area contributed by atoms with Gasteiger partial charge < -0.3 is 9.80 Å². The standard InChI is InChI=1S/C16H25N5O3S/c1-12-14(10-17-16(18-12)19(2)3)15(22)21-7-5-20(6-8-21)13-4-9-25(23,24)11-13/h10,13H,4-9,11H2,1-3H3/t13-/m0/s1. The van der Waals surface area contributed by atoms with Crippen LogP contribution in [0.3, 0.4) is 0 Å². The predicted octanol–water partition coefficient (Wildman–Crippen LogP) is -0.204. The molecular weight excluding hydrogens is 342 g/mol. The first kappa shape index (κ1) is 18.1. The molecule has 1 atom stereocenters. The lowest BCUT2D eigenvalue weighted by Gasteiger charge is -2.37. The topological polar surface area (TPSA) is 86.7 Å². The molecule has 138 valence electrons. The van der Waals surface area contributed by atoms with Crippen molar-refractivity contribution in [3.05, 3.63) is 17.5 Å². The van der Waals surface area contributed by atoms with E-state index in [-0.39, 0.29) is 23.5 Å². The maximum Gasteiger partial charge on any atom is 0.257 e. The van der Waals surface area contributed by atoms with Crippen LogP contribution in [0.2, 0.25) is 0 Å². The monoisotopic (exact) mass is 367 g/mol. The zero-order chi connectivity index (χ0) is 18.2. The van der Waals surface area contributed by atoms with E-state index in [9.17, 15) is 13.2 Å². The zero-order valence-electron chi connectivity index (χ0n) is 15.0. The number of aryl methyl sites for hydroxylation is 1. The Morgan fingerprint density at radius 2 is 1.92 bits per heavy atom. The summed E-state index contributed by atoms with van der Waals surface area (Å²) in [5.41, 5.74) is 1.20. The van der Waals surface area contributed by atoms with E-state index in [1.807, 2.05) is 21.0 Å². The second-order valence-corrected chi connectivity index (χ2v) is 9.18. The van der Waals surface area contributed by atoms with E-state index < -0.39 is 9.84 Å². The van der Waals surface area contributed by atoms with E-state index in [0.29, 0.717) is 49.8 Å². The molecule has 1 aromatic rings. The number of anilines is 1. The van der Waals surface area contributed by atoms with Gasteiger partial charge in [-0.25, -0.2) is 18.4 Å². The van der Waals surface area contributed by atoms with Crippen molar-refractivity contribution in [2.45, 2.75) is 19.4 Å². The maximum atomic E-state index is 12.8. The van der Waals surface area contributed by atoms with Crippen molar-refractivity contribution in [1.29, 1.82) is 0 Å². The van der Waals surface area contributed by atoms with Gasteiger partial charge in [0, 0.05) is 52.5 Å². The molecule has 2 fully saturated rings. The molecule has 3 rings (SSSR count). The molecule has 0 N–H and O–H groups in total. The van der Waals surface area contributed by atoms with Gasteiger partial charge in [0.2, 0.25) is 5.95 Å². The maximum absolute atomic E-state index is 12.8. The van der Waals surface area contributed by atoms with Gasteiger partial charge in [0.05, 0.1) is 22.8 Å². The van der Waals surface area contributed by atoms with Crippen LogP contribution in [-0.4, -0.2) is 91.9 Å². The Morgan fingerprint density at radius 3 is 2.44 bits per heavy atom. The second kappa shape index (κ2) is 6.87. The molecule has 0 bridgehead atoms. The van der Waals surface area contributed by atoms with Gasteiger partial charge in [0.1, 0.15) is 0 Å². The lowest BCUT2D eigenvalue weighted by atomic mass is 10.1. The Morgan fingerprint density at radius 1 is 1.24 bits per heavy atom. The van der Waals surface area contributed by atoms with Crippen LogP contribution < -0.4 is 4.90 Å². The highest BCUT2D eigenvalue weighted by Gasteiger charge is 2.34. The normalized spacial score (nSPS) is 23.6. The van der Waals surface area contributed by atoms with Crippen molar-refractivity contribution in [1.82, 2.24) is 19.8 Å². The molecule has 2 aliphatic rings. The number of carbonyl (C=O) groups excluding carboxylic acids is 1. The van der Waals surface area contributed by atoms with Crippen LogP contribution in [0.15, 0.2) is 6.20 Å². The zero-order valence-corrected chi connectivity index (χ0v) is 15.8. The van der Waals surface area contributed by atoms with Crippen LogP contribution >= 0.6 is 0 Å². The Kier molecular flexibility index (Phi) is 4.97. The summed E-state index contributed by atoms with van der Waals surface area (Å²) in [6.07, 6.45) is 2.30. The van der Waals surface area contributed by atoms with Crippen LogP contribution in [0.5, 0.6) is 0 Å². The van der Waals surface area contributed by atoms with Gasteiger partial charge in [0.25, 0.3) is 5.91 Å². The molecule has 0 radical (unpaired) electrons. The summed E-state index contributed by atoms with van der Waals surface area (Å²) in [6.45, 7) is 4.44. The second-order valence-electron chi connectivity index (χ2n) is 6.95. The smallest absolute Gasteiger partial charge is 0.257 e. The Hall–Kier alpha value is -1.74. The number of piperazine rings is 1. The molecule has 2 saturated heterocycles. The average molecular weight is 367 g/mol. The molecule has 9 heteroatoms. The lowest BCUT2D eigenvalue weighted by Crippen LogP contribution is -2.52. The van der Waals surface area contributed by atoms with Crippen molar-refractivity contribution in [2.24, 2.45) is 0 Å². The van der Waals surface area contributed by atoms with Gasteiger partial charge in [-0.3, -0.25) is 9.69 Å². The molecule has 0 spiro atoms. The van der Waals surface area contributed by atoms with Crippen molar-refractivity contribution < 1.29 is 13.2 Å². The molecule has 0 aliphatic carbocycles. The Balaban J connectivity index is 1.62. The molecule has 25 heavy (non-hydrogen) atoms. The molecule has 1 aromatic heterocycles. The first-order chi connectivity index (χ1) is 11.8. The molecule has 1 amide bonds. The van der Waals surface area contributed by atoms with E-state index in [0.717, 1.165) is 0 Å². The summed E-state index contributed by atoms with van der Waals surface area (Å²) in [6, 6.07) is 0.103. The van der Waals surface area contributed by atoms with E-state index in [1.54, 1.807) is 16.0 Å². The van der Waals surface area contributed by atoms with E-state index in [1.165, 1.54) is 0 Å². The van der Waals surface area contributed by atoms with Gasteiger partial charge in [-0.2, -0.15) is 0 Å². The number of rotatable bonds is 3. The summed E-state index contributed by atoms with van der Waals surface area (Å²) < 4.78 is 23.3. The molecule has 8 nitrogen and oxygen atoms in total. The summed E-state index contributed by atoms with van der Waals surface area (Å²) in [5.74, 6) is 1.06. The van der Waals surface area contributed by atoms with Gasteiger partial charge >= 0.3 is 0 Å². The van der Waals surface area contributed by atoms with Gasteiger partial charge in [0.15, 0.2) is 9.84 Å². The third kappa shape index (κ3) is 3.92. The summed E-state index contributed by atoms with van der Waals surface area (Å²) in [5, 5.41) is 0. The molecular formula is C16H25N5O3S. The fourth-order valence-corrected chi connectivity index (χ4v) is 5.17. The third-order valence-electron chi connectivity index (χ3n) is 4.92. The highest BCUT2D eigenvalue weighted by molar-refractivity contribution is 7.91. The quantitative estimate of drug-likeness (QED) is 0.731. The number of hydrogen-bond acceptors (Lipinski definition) is 7. The molecule has 0 saturated carbocycles. The predicted molar refractivity (Wildman–Crippen MR) is 95.6 cm³/mol. The van der Waals surface area contributed by atoms with Crippen molar-refractivity contribution in [3.63, 3.8) is 0 Å². The van der Waals surface area contributed by atoms with Crippen LogP contribution in [0, 0.1) is 6.92 Å². The molecule has 0 unspecified atom stereocenters. The number of hydrogen-bond donors (Lipinski definition) is 0. The van der Waals surface area contributed by atoms with Crippen LogP contribution in [0.25, 0.3) is 0 Å². The van der Waals surface area contributed by atoms with Crippen LogP contribution in [0.1, 0.15) is 22.5 Å². The van der Waals surface area contributed by atoms with Crippen molar-refractivity contribution in [3.8, 4) is 0 Å². The highest BCUT2D eigenvalue weighted by Crippen LogP contribution is 2.20. The van der Waals surface area contributed by atoms with Gasteiger partial charge in [-0.15, -0.1) is 0 Å². The fourth-order valence-electron chi connectivity index (χ4n) is 3.40. The van der Waals surface area contributed by atoms with Crippen LogP contribution in [-0.2, 0) is 9.84 Å². The summed E-state index contributed by atoms with van der Waals surface area (Å²) in [7, 11) is 0.843. The number of nitrogens with zero attached hydrogens (tertiary/aromatic N) is 5. The molecule has 0 aromatic carbocycles. The molecule has 3 heterocycles. The Labute approximate surface area is 148 Å². The minimum atomic E-state index is -2.88. The van der Waals surface area contributed by atoms with Gasteiger partial charge in [-0.05, 0) is 13.3 Å². The average Bonchev–Trinajstić information content (AvgIpc) is 2.94. The summed E-state index contributed by atoms with van der Waals surface area (Å²) in [4.78, 5) is 27.2. The van der Waals surface area contributed by atoms with E-state index in [2.05, 4.69) is 14.9 Å². The number of aromatic nitrogens is 2. The number of sulfone groups is 1. The number of carbonyl (C=O) groups is 1. The first-order valence-electron chi connectivity index (χ1n) is 8.51. The molecule has 2 aliphatic heterocycles. The van der Waals surface area contributed by atoms with E-state index in [4.69, 9.17) is 0 Å². The summed E-state index contributed by atoms with van der Waals surface area (Å²) >= 11 is 0. The Bertz CT molecular complexity index is 757. The minimum Gasteiger partial charge on any atom is -0.347 e. The first-order valence-corrected chi connectivity index (χ1v) is 10.3. The SMILES string of the molecule is Cc1nc(N(C)C)ncc1C(=O)N1CCN([C@H]2CCS(=O)(=O)C2)CC1. The van der Waals surface area contributed by atoms with Crippen LogP contribution in [0.4, 0.5) is 5.95 Å². The van der Waals surface area contributed by atoms with Gasteiger partial charge in [-0.1, -0.05) is 0 Å². The van der Waals surface area contributed by atoms with E-state index >= 15 is 0 Å². The largest absolute Gasteiger partial charge is 0.347 e. The highest BCUT2D eigenvalue weighted by atomic mass is 32.2. The fraction of sp³-hybridized carbons (Fsp3) is 0.688.